The fraction of sp³-hybridized carbons (Fsp3) is 0.182. The molecule has 0 unspecified atom stereocenters. The van der Waals surface area contributed by atoms with Crippen molar-refractivity contribution in [2.75, 3.05) is 18.4 Å². The summed E-state index contributed by atoms with van der Waals surface area (Å²) in [5.74, 6) is 2.15. The van der Waals surface area contributed by atoms with Crippen LogP contribution in [0.15, 0.2) is 18.2 Å². The molecule has 0 aliphatic heterocycles. The first-order valence-corrected chi connectivity index (χ1v) is 5.28. The molecule has 0 aromatic heterocycles. The normalized spacial score (nSPS) is 9.56. The first-order chi connectivity index (χ1) is 7.63. The molecule has 1 aromatic carbocycles. The lowest BCUT2D eigenvalue weighted by Crippen LogP contribution is -2.28. The van der Waals surface area contributed by atoms with Gasteiger partial charge in [0.2, 0.25) is 5.91 Å². The standard InChI is InChI=1S/C11H10Cl2N2O/c1-2-5-14-7-11(16)15-10-6-8(12)3-4-9(10)13/h1,3-4,6,14H,5,7H2,(H,15,16). The van der Waals surface area contributed by atoms with E-state index in [1.165, 1.54) is 0 Å². The summed E-state index contributed by atoms with van der Waals surface area (Å²) >= 11 is 11.7. The number of hydrogen-bond acceptors (Lipinski definition) is 2. The molecule has 0 heterocycles. The van der Waals surface area contributed by atoms with Crippen LogP contribution in [0.5, 0.6) is 0 Å². The van der Waals surface area contributed by atoms with E-state index in [4.69, 9.17) is 29.6 Å². The Hall–Kier alpha value is -1.21. The molecule has 0 aliphatic rings. The lowest BCUT2D eigenvalue weighted by molar-refractivity contribution is -0.115. The summed E-state index contributed by atoms with van der Waals surface area (Å²) in [6.07, 6.45) is 5.03. The number of anilines is 1. The van der Waals surface area contributed by atoms with Crippen LogP contribution in [-0.2, 0) is 4.79 Å². The minimum absolute atomic E-state index is 0.132. The molecule has 2 N–H and O–H groups in total. The van der Waals surface area contributed by atoms with Gasteiger partial charge >= 0.3 is 0 Å². The molecule has 1 aromatic rings. The van der Waals surface area contributed by atoms with Crippen molar-refractivity contribution in [3.63, 3.8) is 0 Å². The topological polar surface area (TPSA) is 41.1 Å². The summed E-state index contributed by atoms with van der Waals surface area (Å²) in [4.78, 5) is 11.4. The first kappa shape index (κ1) is 12.9. The Morgan fingerprint density at radius 1 is 1.44 bits per heavy atom. The monoisotopic (exact) mass is 256 g/mol. The van der Waals surface area contributed by atoms with Gasteiger partial charge in [0.15, 0.2) is 0 Å². The van der Waals surface area contributed by atoms with E-state index in [-0.39, 0.29) is 12.5 Å². The Labute approximate surface area is 104 Å². The van der Waals surface area contributed by atoms with Crippen molar-refractivity contribution in [1.82, 2.24) is 5.32 Å². The quantitative estimate of drug-likeness (QED) is 0.641. The van der Waals surface area contributed by atoms with Gasteiger partial charge in [-0.15, -0.1) is 6.42 Å². The molecule has 0 spiro atoms. The number of amides is 1. The highest BCUT2D eigenvalue weighted by Crippen LogP contribution is 2.25. The van der Waals surface area contributed by atoms with Crippen molar-refractivity contribution in [3.8, 4) is 12.3 Å². The Morgan fingerprint density at radius 2 is 2.19 bits per heavy atom. The number of carbonyl (C=O) groups is 1. The molecule has 1 amide bonds. The Morgan fingerprint density at radius 3 is 2.88 bits per heavy atom. The molecule has 5 heteroatoms. The van der Waals surface area contributed by atoms with Crippen molar-refractivity contribution in [2.45, 2.75) is 0 Å². The van der Waals surface area contributed by atoms with Crippen molar-refractivity contribution >= 4 is 34.8 Å². The zero-order chi connectivity index (χ0) is 12.0. The minimum Gasteiger partial charge on any atom is -0.324 e. The maximum atomic E-state index is 11.4. The average molecular weight is 257 g/mol. The van der Waals surface area contributed by atoms with Crippen LogP contribution >= 0.6 is 23.2 Å². The van der Waals surface area contributed by atoms with Crippen molar-refractivity contribution in [2.24, 2.45) is 0 Å². The van der Waals surface area contributed by atoms with Gasteiger partial charge in [0.25, 0.3) is 0 Å². The summed E-state index contributed by atoms with van der Waals surface area (Å²) in [6, 6.07) is 4.85. The van der Waals surface area contributed by atoms with Gasteiger partial charge in [-0.25, -0.2) is 0 Å². The predicted molar refractivity (Wildman–Crippen MR) is 66.8 cm³/mol. The second-order valence-corrected chi connectivity index (χ2v) is 3.82. The third-order valence-corrected chi connectivity index (χ3v) is 2.28. The Kier molecular flexibility index (Phi) is 5.13. The van der Waals surface area contributed by atoms with Gasteiger partial charge in [-0.05, 0) is 18.2 Å². The van der Waals surface area contributed by atoms with Crippen LogP contribution in [0.3, 0.4) is 0 Å². The molecule has 0 fully saturated rings. The average Bonchev–Trinajstić information content (AvgIpc) is 2.24. The maximum absolute atomic E-state index is 11.4. The van der Waals surface area contributed by atoms with E-state index in [2.05, 4.69) is 16.6 Å². The molecule has 3 nitrogen and oxygen atoms in total. The van der Waals surface area contributed by atoms with Gasteiger partial charge in [0.05, 0.1) is 23.8 Å². The number of halogens is 2. The van der Waals surface area contributed by atoms with Crippen molar-refractivity contribution in [3.05, 3.63) is 28.2 Å². The van der Waals surface area contributed by atoms with Gasteiger partial charge in [-0.3, -0.25) is 10.1 Å². The number of carbonyl (C=O) groups excluding carboxylic acids is 1. The van der Waals surface area contributed by atoms with E-state index in [9.17, 15) is 4.79 Å². The zero-order valence-corrected chi connectivity index (χ0v) is 9.90. The van der Waals surface area contributed by atoms with Gasteiger partial charge in [0.1, 0.15) is 0 Å². The molecule has 0 aliphatic carbocycles. The molecule has 84 valence electrons. The van der Waals surface area contributed by atoms with E-state index >= 15 is 0 Å². The number of terminal acetylenes is 1. The highest BCUT2D eigenvalue weighted by Gasteiger charge is 2.05. The number of benzene rings is 1. The van der Waals surface area contributed by atoms with E-state index < -0.39 is 0 Å². The lowest BCUT2D eigenvalue weighted by Gasteiger charge is -2.07. The van der Waals surface area contributed by atoms with Crippen LogP contribution in [0.2, 0.25) is 10.0 Å². The lowest BCUT2D eigenvalue weighted by atomic mass is 10.3. The third kappa shape index (κ3) is 4.11. The van der Waals surface area contributed by atoms with Gasteiger partial charge in [-0.2, -0.15) is 0 Å². The summed E-state index contributed by atoms with van der Waals surface area (Å²) in [6.45, 7) is 0.476. The van der Waals surface area contributed by atoms with Gasteiger partial charge < -0.3 is 5.32 Å². The highest BCUT2D eigenvalue weighted by atomic mass is 35.5. The molecular formula is C11H10Cl2N2O. The summed E-state index contributed by atoms with van der Waals surface area (Å²) in [7, 11) is 0. The van der Waals surface area contributed by atoms with E-state index in [1.807, 2.05) is 0 Å². The number of hydrogen-bond donors (Lipinski definition) is 2. The summed E-state index contributed by atoms with van der Waals surface area (Å²) in [5, 5.41) is 6.34. The largest absolute Gasteiger partial charge is 0.324 e. The van der Waals surface area contributed by atoms with E-state index in [0.717, 1.165) is 0 Å². The second kappa shape index (κ2) is 6.39. The molecule has 0 atom stereocenters. The SMILES string of the molecule is C#CCNCC(=O)Nc1cc(Cl)ccc1Cl. The number of nitrogens with one attached hydrogen (secondary N) is 2. The van der Waals surface area contributed by atoms with E-state index in [1.54, 1.807) is 18.2 Å². The van der Waals surface area contributed by atoms with Crippen LogP contribution < -0.4 is 10.6 Å². The van der Waals surface area contributed by atoms with E-state index in [0.29, 0.717) is 22.3 Å². The molecule has 0 bridgehead atoms. The Balaban J connectivity index is 2.56. The maximum Gasteiger partial charge on any atom is 0.238 e. The van der Waals surface area contributed by atoms with Crippen LogP contribution in [-0.4, -0.2) is 19.0 Å². The van der Waals surface area contributed by atoms with Crippen LogP contribution in [0.4, 0.5) is 5.69 Å². The fourth-order valence-electron chi connectivity index (χ4n) is 1.04. The minimum atomic E-state index is -0.223. The molecule has 1 rings (SSSR count). The fourth-order valence-corrected chi connectivity index (χ4v) is 1.37. The number of rotatable bonds is 4. The summed E-state index contributed by atoms with van der Waals surface area (Å²) < 4.78 is 0. The zero-order valence-electron chi connectivity index (χ0n) is 8.39. The summed E-state index contributed by atoms with van der Waals surface area (Å²) in [5.41, 5.74) is 0.488. The highest BCUT2D eigenvalue weighted by molar-refractivity contribution is 6.35. The van der Waals surface area contributed by atoms with Gasteiger partial charge in [-0.1, -0.05) is 29.1 Å². The first-order valence-electron chi connectivity index (χ1n) is 4.52. The van der Waals surface area contributed by atoms with Crippen LogP contribution in [0, 0.1) is 12.3 Å². The predicted octanol–water partition coefficient (Wildman–Crippen LogP) is 2.15. The van der Waals surface area contributed by atoms with Crippen molar-refractivity contribution in [1.29, 1.82) is 0 Å². The second-order valence-electron chi connectivity index (χ2n) is 2.98. The van der Waals surface area contributed by atoms with Gasteiger partial charge in [0, 0.05) is 5.02 Å². The molecule has 16 heavy (non-hydrogen) atoms. The third-order valence-electron chi connectivity index (χ3n) is 1.72. The smallest absolute Gasteiger partial charge is 0.238 e. The Bertz CT molecular complexity index is 426. The van der Waals surface area contributed by atoms with Crippen LogP contribution in [0.1, 0.15) is 0 Å². The molecule has 0 radical (unpaired) electrons. The van der Waals surface area contributed by atoms with Crippen molar-refractivity contribution < 1.29 is 4.79 Å². The molecule has 0 saturated heterocycles. The van der Waals surface area contributed by atoms with Crippen LogP contribution in [0.25, 0.3) is 0 Å². The molecule has 0 saturated carbocycles. The molecular weight excluding hydrogens is 247 g/mol.